The minimum Gasteiger partial charge on any atom is -0.452 e. The Labute approximate surface area is 198 Å². The summed E-state index contributed by atoms with van der Waals surface area (Å²) < 4.78 is 5.35. The maximum atomic E-state index is 13.0. The van der Waals surface area contributed by atoms with Crippen molar-refractivity contribution in [2.45, 2.75) is 32.9 Å². The zero-order chi connectivity index (χ0) is 24.0. The molecule has 3 aromatic rings. The van der Waals surface area contributed by atoms with E-state index in [0.717, 1.165) is 5.56 Å². The maximum Gasteiger partial charge on any atom is 0.339 e. The topological polar surface area (TPSA) is 63.7 Å². The zero-order valence-corrected chi connectivity index (χ0v) is 19.6. The molecule has 0 bridgehead atoms. The molecule has 0 heterocycles. The van der Waals surface area contributed by atoms with Crippen LogP contribution in [0, 0.1) is 0 Å². The smallest absolute Gasteiger partial charge is 0.339 e. The van der Waals surface area contributed by atoms with Gasteiger partial charge in [0, 0.05) is 28.2 Å². The van der Waals surface area contributed by atoms with E-state index in [4.69, 9.17) is 16.3 Å². The van der Waals surface area contributed by atoms with Gasteiger partial charge in [0.25, 0.3) is 5.91 Å². The highest BCUT2D eigenvalue weighted by Gasteiger charge is 2.28. The van der Waals surface area contributed by atoms with Crippen molar-refractivity contribution in [3.05, 3.63) is 106 Å². The fourth-order valence-electron chi connectivity index (χ4n) is 3.36. The van der Waals surface area contributed by atoms with Crippen molar-refractivity contribution in [3.8, 4) is 0 Å². The quantitative estimate of drug-likeness (QED) is 0.340. The molecule has 6 heteroatoms. The molecule has 0 saturated heterocycles. The molecule has 3 aromatic carbocycles. The van der Waals surface area contributed by atoms with E-state index in [9.17, 15) is 14.4 Å². The van der Waals surface area contributed by atoms with Crippen molar-refractivity contribution in [3.63, 3.8) is 0 Å². The van der Waals surface area contributed by atoms with Gasteiger partial charge in [-0.3, -0.25) is 9.59 Å². The third-order valence-corrected chi connectivity index (χ3v) is 5.37. The second-order valence-electron chi connectivity index (χ2n) is 8.59. The number of nitrogens with zero attached hydrogens (tertiary/aromatic N) is 1. The first-order chi connectivity index (χ1) is 15.7. The van der Waals surface area contributed by atoms with Gasteiger partial charge >= 0.3 is 5.97 Å². The lowest BCUT2D eigenvalue weighted by Crippen LogP contribution is -2.46. The first kappa shape index (κ1) is 24.2. The van der Waals surface area contributed by atoms with Crippen molar-refractivity contribution in [1.29, 1.82) is 0 Å². The molecule has 5 nitrogen and oxygen atoms in total. The fourth-order valence-corrected chi connectivity index (χ4v) is 3.49. The molecule has 0 aromatic heterocycles. The standard InChI is InChI=1S/C27H26ClNO4/c1-27(2,3)29(17-19-9-5-4-6-10-19)24(30)18-33-26(32)23-12-8-7-11-22(23)25(31)20-13-15-21(28)16-14-20/h4-16H,17-18H2,1-3H3. The Morgan fingerprint density at radius 1 is 0.818 bits per heavy atom. The molecule has 3 rings (SSSR count). The number of hydrogen-bond acceptors (Lipinski definition) is 4. The molecule has 0 fully saturated rings. The summed E-state index contributed by atoms with van der Waals surface area (Å²) in [5.41, 5.74) is 1.22. The van der Waals surface area contributed by atoms with Gasteiger partial charge in [-0.2, -0.15) is 0 Å². The van der Waals surface area contributed by atoms with Crippen LogP contribution in [0.5, 0.6) is 0 Å². The molecule has 0 atom stereocenters. The van der Waals surface area contributed by atoms with Crippen LogP contribution in [-0.2, 0) is 16.1 Å². The van der Waals surface area contributed by atoms with E-state index in [2.05, 4.69) is 0 Å². The minimum atomic E-state index is -0.727. The summed E-state index contributed by atoms with van der Waals surface area (Å²) in [7, 11) is 0. The third-order valence-electron chi connectivity index (χ3n) is 5.12. The number of rotatable bonds is 7. The highest BCUT2D eigenvalue weighted by Crippen LogP contribution is 2.20. The number of ether oxygens (including phenoxy) is 1. The normalized spacial score (nSPS) is 11.0. The molecule has 0 unspecified atom stereocenters. The van der Waals surface area contributed by atoms with Gasteiger partial charge in [-0.25, -0.2) is 4.79 Å². The van der Waals surface area contributed by atoms with E-state index < -0.39 is 18.1 Å². The van der Waals surface area contributed by atoms with Gasteiger partial charge in [-0.05, 0) is 56.7 Å². The minimum absolute atomic E-state index is 0.107. The first-order valence-electron chi connectivity index (χ1n) is 10.6. The van der Waals surface area contributed by atoms with Crippen LogP contribution < -0.4 is 0 Å². The van der Waals surface area contributed by atoms with Crippen LogP contribution in [0.4, 0.5) is 0 Å². The number of esters is 1. The summed E-state index contributed by atoms with van der Waals surface area (Å²) in [5.74, 6) is -1.37. The monoisotopic (exact) mass is 463 g/mol. The maximum absolute atomic E-state index is 13.0. The second kappa shape index (κ2) is 10.5. The second-order valence-corrected chi connectivity index (χ2v) is 9.03. The molecular weight excluding hydrogens is 438 g/mol. The van der Waals surface area contributed by atoms with E-state index in [-0.39, 0.29) is 22.8 Å². The number of ketones is 1. The van der Waals surface area contributed by atoms with E-state index >= 15 is 0 Å². The summed E-state index contributed by atoms with van der Waals surface area (Å²) in [5, 5.41) is 0.511. The Morgan fingerprint density at radius 2 is 1.39 bits per heavy atom. The molecule has 33 heavy (non-hydrogen) atoms. The zero-order valence-electron chi connectivity index (χ0n) is 18.9. The predicted molar refractivity (Wildman–Crippen MR) is 128 cm³/mol. The van der Waals surface area contributed by atoms with Crippen LogP contribution >= 0.6 is 11.6 Å². The van der Waals surface area contributed by atoms with Crippen LogP contribution in [0.2, 0.25) is 5.02 Å². The highest BCUT2D eigenvalue weighted by molar-refractivity contribution is 6.30. The molecule has 1 amide bonds. The summed E-state index contributed by atoms with van der Waals surface area (Å²) in [6.45, 7) is 5.75. The number of benzene rings is 3. The Hall–Kier alpha value is -3.44. The van der Waals surface area contributed by atoms with Crippen molar-refractivity contribution in [2.75, 3.05) is 6.61 Å². The molecule has 170 valence electrons. The Morgan fingerprint density at radius 3 is 2.00 bits per heavy atom. The third kappa shape index (κ3) is 6.30. The van der Waals surface area contributed by atoms with Crippen LogP contribution in [-0.4, -0.2) is 34.7 Å². The van der Waals surface area contributed by atoms with Gasteiger partial charge in [-0.15, -0.1) is 0 Å². The number of carbonyl (C=O) groups excluding carboxylic acids is 3. The summed E-state index contributed by atoms with van der Waals surface area (Å²) >= 11 is 5.90. The lowest BCUT2D eigenvalue weighted by Gasteiger charge is -2.35. The van der Waals surface area contributed by atoms with Crippen molar-refractivity contribution >= 4 is 29.3 Å². The average Bonchev–Trinajstić information content (AvgIpc) is 2.81. The van der Waals surface area contributed by atoms with Gasteiger partial charge in [0.1, 0.15) is 0 Å². The van der Waals surface area contributed by atoms with Gasteiger partial charge in [0.05, 0.1) is 5.56 Å². The Balaban J connectivity index is 1.74. The molecule has 0 radical (unpaired) electrons. The molecule has 0 aliphatic carbocycles. The lowest BCUT2D eigenvalue weighted by molar-refractivity contribution is -0.140. The number of halogens is 1. The molecular formula is C27H26ClNO4. The van der Waals surface area contributed by atoms with Crippen LogP contribution in [0.1, 0.15) is 52.6 Å². The van der Waals surface area contributed by atoms with E-state index in [1.807, 2.05) is 51.1 Å². The lowest BCUT2D eigenvalue weighted by atomic mass is 9.98. The SMILES string of the molecule is CC(C)(C)N(Cc1ccccc1)C(=O)COC(=O)c1ccccc1C(=O)c1ccc(Cl)cc1. The molecule has 0 aliphatic heterocycles. The van der Waals surface area contributed by atoms with Crippen LogP contribution in [0.3, 0.4) is 0 Å². The van der Waals surface area contributed by atoms with Gasteiger partial charge < -0.3 is 9.64 Å². The van der Waals surface area contributed by atoms with E-state index in [1.165, 1.54) is 6.07 Å². The Kier molecular flexibility index (Phi) is 7.67. The number of hydrogen-bond donors (Lipinski definition) is 0. The Bertz CT molecular complexity index is 1130. The van der Waals surface area contributed by atoms with Crippen molar-refractivity contribution < 1.29 is 19.1 Å². The highest BCUT2D eigenvalue weighted by atomic mass is 35.5. The average molecular weight is 464 g/mol. The van der Waals surface area contributed by atoms with Crippen molar-refractivity contribution in [1.82, 2.24) is 4.90 Å². The largest absolute Gasteiger partial charge is 0.452 e. The number of amides is 1. The van der Waals surface area contributed by atoms with Crippen LogP contribution in [0.15, 0.2) is 78.9 Å². The molecule has 0 spiro atoms. The van der Waals surface area contributed by atoms with Gasteiger partial charge in [0.15, 0.2) is 12.4 Å². The molecule has 0 saturated carbocycles. The summed E-state index contributed by atoms with van der Waals surface area (Å²) in [6, 6.07) is 22.4. The first-order valence-corrected chi connectivity index (χ1v) is 11.0. The summed E-state index contributed by atoms with van der Waals surface area (Å²) in [6.07, 6.45) is 0. The van der Waals surface area contributed by atoms with E-state index in [1.54, 1.807) is 47.4 Å². The molecule has 0 aliphatic rings. The predicted octanol–water partition coefficient (Wildman–Crippen LogP) is 5.56. The van der Waals surface area contributed by atoms with Gasteiger partial charge in [-0.1, -0.05) is 60.1 Å². The fraction of sp³-hybridized carbons (Fsp3) is 0.222. The molecule has 0 N–H and O–H groups in total. The van der Waals surface area contributed by atoms with Gasteiger partial charge in [0.2, 0.25) is 0 Å². The van der Waals surface area contributed by atoms with Crippen LogP contribution in [0.25, 0.3) is 0 Å². The van der Waals surface area contributed by atoms with E-state index in [0.29, 0.717) is 17.1 Å². The van der Waals surface area contributed by atoms with Crippen molar-refractivity contribution in [2.24, 2.45) is 0 Å². The summed E-state index contributed by atoms with van der Waals surface area (Å²) in [4.78, 5) is 40.4. The number of carbonyl (C=O) groups is 3.